The molecule has 0 saturated heterocycles. The average molecular weight is 461 g/mol. The Morgan fingerprint density at radius 3 is 1.69 bits per heavy atom. The SMILES string of the molecule is Cc1cc2c(cc1Nc1cccc(N(c3ccccc3)c3ccccc3)c1)C(C)(C)CCC2(C)C. The van der Waals surface area contributed by atoms with E-state index in [4.69, 9.17) is 0 Å². The molecule has 178 valence electrons. The Labute approximate surface area is 210 Å². The number of rotatable bonds is 5. The van der Waals surface area contributed by atoms with Crippen LogP contribution in [-0.2, 0) is 10.8 Å². The summed E-state index contributed by atoms with van der Waals surface area (Å²) in [4.78, 5) is 2.30. The van der Waals surface area contributed by atoms with E-state index in [1.54, 1.807) is 0 Å². The van der Waals surface area contributed by atoms with Crippen LogP contribution in [0.1, 0.15) is 57.2 Å². The predicted octanol–water partition coefficient (Wildman–Crippen LogP) is 9.56. The Morgan fingerprint density at radius 1 is 0.600 bits per heavy atom. The fourth-order valence-corrected chi connectivity index (χ4v) is 5.34. The lowest BCUT2D eigenvalue weighted by molar-refractivity contribution is 0.332. The van der Waals surface area contributed by atoms with Crippen molar-refractivity contribution in [1.82, 2.24) is 0 Å². The van der Waals surface area contributed by atoms with Crippen LogP contribution >= 0.6 is 0 Å². The highest BCUT2D eigenvalue weighted by Crippen LogP contribution is 2.47. The molecule has 0 spiro atoms. The van der Waals surface area contributed by atoms with E-state index >= 15 is 0 Å². The van der Waals surface area contributed by atoms with E-state index < -0.39 is 0 Å². The minimum atomic E-state index is 0.189. The van der Waals surface area contributed by atoms with Gasteiger partial charge in [-0.3, -0.25) is 0 Å². The molecule has 0 radical (unpaired) electrons. The van der Waals surface area contributed by atoms with Gasteiger partial charge >= 0.3 is 0 Å². The van der Waals surface area contributed by atoms with Crippen molar-refractivity contribution in [3.63, 3.8) is 0 Å². The average Bonchev–Trinajstić information content (AvgIpc) is 2.85. The molecule has 0 amide bonds. The Bertz CT molecular complexity index is 1280. The van der Waals surface area contributed by atoms with Crippen LogP contribution in [-0.4, -0.2) is 0 Å². The van der Waals surface area contributed by atoms with Gasteiger partial charge in [-0.25, -0.2) is 0 Å². The van der Waals surface area contributed by atoms with Crippen molar-refractivity contribution in [2.75, 3.05) is 10.2 Å². The van der Waals surface area contributed by atoms with E-state index in [9.17, 15) is 0 Å². The zero-order valence-electron chi connectivity index (χ0n) is 21.6. The van der Waals surface area contributed by atoms with Gasteiger partial charge in [0.05, 0.1) is 0 Å². The highest BCUT2D eigenvalue weighted by atomic mass is 15.1. The highest BCUT2D eigenvalue weighted by molar-refractivity contribution is 5.79. The summed E-state index contributed by atoms with van der Waals surface area (Å²) in [5.74, 6) is 0. The van der Waals surface area contributed by atoms with E-state index in [1.165, 1.54) is 35.2 Å². The summed E-state index contributed by atoms with van der Waals surface area (Å²) in [7, 11) is 0. The molecule has 35 heavy (non-hydrogen) atoms. The second-order valence-electron chi connectivity index (χ2n) is 11.2. The summed E-state index contributed by atoms with van der Waals surface area (Å²) in [6.07, 6.45) is 2.45. The van der Waals surface area contributed by atoms with Crippen LogP contribution in [0.25, 0.3) is 0 Å². The van der Waals surface area contributed by atoms with Crippen LogP contribution in [0.15, 0.2) is 97.1 Å². The number of aryl methyl sites for hydroxylation is 1. The van der Waals surface area contributed by atoms with Gasteiger partial charge in [0, 0.05) is 28.4 Å². The molecule has 0 atom stereocenters. The van der Waals surface area contributed by atoms with Gasteiger partial charge in [-0.2, -0.15) is 0 Å². The Balaban J connectivity index is 1.54. The fourth-order valence-electron chi connectivity index (χ4n) is 5.34. The van der Waals surface area contributed by atoms with Crippen molar-refractivity contribution >= 4 is 28.4 Å². The maximum absolute atomic E-state index is 3.76. The smallest absolute Gasteiger partial charge is 0.0482 e. The molecule has 1 aliphatic rings. The van der Waals surface area contributed by atoms with Gasteiger partial charge < -0.3 is 10.2 Å². The van der Waals surface area contributed by atoms with Gasteiger partial charge in [-0.1, -0.05) is 76.2 Å². The second-order valence-corrected chi connectivity index (χ2v) is 11.2. The quantitative estimate of drug-likeness (QED) is 0.319. The summed E-state index contributed by atoms with van der Waals surface area (Å²) in [6, 6.07) is 34.7. The number of nitrogens with zero attached hydrogens (tertiary/aromatic N) is 1. The molecule has 4 aromatic rings. The third-order valence-corrected chi connectivity index (χ3v) is 7.61. The van der Waals surface area contributed by atoms with E-state index in [2.05, 4.69) is 142 Å². The molecule has 1 N–H and O–H groups in total. The molecule has 2 nitrogen and oxygen atoms in total. The maximum atomic E-state index is 3.76. The summed E-state index contributed by atoms with van der Waals surface area (Å²) < 4.78 is 0. The first-order valence-electron chi connectivity index (χ1n) is 12.7. The van der Waals surface area contributed by atoms with E-state index in [0.717, 1.165) is 22.7 Å². The van der Waals surface area contributed by atoms with Gasteiger partial charge in [-0.05, 0) is 95.8 Å². The number of nitrogens with one attached hydrogen (secondary N) is 1. The maximum Gasteiger partial charge on any atom is 0.0482 e. The number of para-hydroxylation sites is 2. The Hall–Kier alpha value is -3.52. The third kappa shape index (κ3) is 4.58. The molecule has 0 aromatic heterocycles. The number of benzene rings is 4. The molecule has 0 saturated carbocycles. The molecule has 0 bridgehead atoms. The monoisotopic (exact) mass is 460 g/mol. The van der Waals surface area contributed by atoms with Crippen molar-refractivity contribution < 1.29 is 0 Å². The Kier molecular flexibility index (Phi) is 5.92. The highest BCUT2D eigenvalue weighted by Gasteiger charge is 2.37. The van der Waals surface area contributed by atoms with E-state index in [0.29, 0.717) is 0 Å². The summed E-state index contributed by atoms with van der Waals surface area (Å²) >= 11 is 0. The number of anilines is 5. The van der Waals surface area contributed by atoms with Crippen LogP contribution in [0.5, 0.6) is 0 Å². The summed E-state index contributed by atoms with van der Waals surface area (Å²) in [5, 5.41) is 3.76. The molecular formula is C33H36N2. The predicted molar refractivity (Wildman–Crippen MR) is 151 cm³/mol. The molecule has 0 fully saturated rings. The van der Waals surface area contributed by atoms with Crippen LogP contribution in [0, 0.1) is 6.92 Å². The van der Waals surface area contributed by atoms with Gasteiger partial charge in [0.2, 0.25) is 0 Å². The first kappa shape index (κ1) is 23.2. The molecule has 0 unspecified atom stereocenters. The molecule has 0 aliphatic heterocycles. The molecule has 5 rings (SSSR count). The van der Waals surface area contributed by atoms with Crippen LogP contribution in [0.3, 0.4) is 0 Å². The van der Waals surface area contributed by atoms with Gasteiger partial charge in [0.25, 0.3) is 0 Å². The Morgan fingerprint density at radius 2 is 1.11 bits per heavy atom. The number of hydrogen-bond acceptors (Lipinski definition) is 2. The van der Waals surface area contributed by atoms with Crippen molar-refractivity contribution in [1.29, 1.82) is 0 Å². The summed E-state index contributed by atoms with van der Waals surface area (Å²) in [6.45, 7) is 11.8. The molecule has 4 aromatic carbocycles. The van der Waals surface area contributed by atoms with Gasteiger partial charge in [0.1, 0.15) is 0 Å². The number of fused-ring (bicyclic) bond motifs is 1. The molecular weight excluding hydrogens is 424 g/mol. The topological polar surface area (TPSA) is 15.3 Å². The third-order valence-electron chi connectivity index (χ3n) is 7.61. The first-order chi connectivity index (χ1) is 16.7. The largest absolute Gasteiger partial charge is 0.355 e. The van der Waals surface area contributed by atoms with E-state index in [1.807, 2.05) is 0 Å². The van der Waals surface area contributed by atoms with Crippen molar-refractivity contribution in [2.24, 2.45) is 0 Å². The molecule has 2 heteroatoms. The fraction of sp³-hybridized carbons (Fsp3) is 0.273. The zero-order chi connectivity index (χ0) is 24.6. The van der Waals surface area contributed by atoms with Crippen molar-refractivity contribution in [3.8, 4) is 0 Å². The minimum Gasteiger partial charge on any atom is -0.355 e. The van der Waals surface area contributed by atoms with Crippen molar-refractivity contribution in [2.45, 2.75) is 58.3 Å². The molecule has 0 heterocycles. The normalized spacial score (nSPS) is 15.8. The lowest BCUT2D eigenvalue weighted by Crippen LogP contribution is -2.34. The lowest BCUT2D eigenvalue weighted by atomic mass is 9.63. The van der Waals surface area contributed by atoms with Crippen LogP contribution in [0.4, 0.5) is 28.4 Å². The van der Waals surface area contributed by atoms with Gasteiger partial charge in [0.15, 0.2) is 0 Å². The van der Waals surface area contributed by atoms with Crippen LogP contribution < -0.4 is 10.2 Å². The zero-order valence-corrected chi connectivity index (χ0v) is 21.6. The second kappa shape index (κ2) is 8.92. The van der Waals surface area contributed by atoms with E-state index in [-0.39, 0.29) is 10.8 Å². The number of hydrogen-bond donors (Lipinski definition) is 1. The van der Waals surface area contributed by atoms with Gasteiger partial charge in [-0.15, -0.1) is 0 Å². The molecule has 1 aliphatic carbocycles. The lowest BCUT2D eigenvalue weighted by Gasteiger charge is -2.42. The first-order valence-corrected chi connectivity index (χ1v) is 12.7. The van der Waals surface area contributed by atoms with Crippen molar-refractivity contribution in [3.05, 3.63) is 114 Å². The van der Waals surface area contributed by atoms with Crippen LogP contribution in [0.2, 0.25) is 0 Å². The summed E-state index contributed by atoms with van der Waals surface area (Å²) in [5.41, 5.74) is 10.4. The minimum absolute atomic E-state index is 0.189. The standard InChI is InChI=1S/C33H36N2/c1-24-21-29-30(33(4,5)20-19-32(29,2)3)23-31(24)34-25-13-12-18-28(22-25)35(26-14-8-6-9-15-26)27-16-10-7-11-17-27/h6-18,21-23,34H,19-20H2,1-5H3.